The molecule has 0 aromatic carbocycles. The average molecular weight is 262 g/mol. The predicted molar refractivity (Wildman–Crippen MR) is 71.4 cm³/mol. The molecule has 102 valence electrons. The van der Waals surface area contributed by atoms with Gasteiger partial charge >= 0.3 is 0 Å². The number of aromatic nitrogens is 1. The Labute approximate surface area is 112 Å². The van der Waals surface area contributed by atoms with Gasteiger partial charge in [-0.3, -0.25) is 14.6 Å². The van der Waals surface area contributed by atoms with Crippen LogP contribution in [0.2, 0.25) is 0 Å². The number of pyridine rings is 1. The monoisotopic (exact) mass is 262 g/mol. The van der Waals surface area contributed by atoms with E-state index in [1.54, 1.807) is 36.8 Å². The molecule has 1 fully saturated rings. The van der Waals surface area contributed by atoms with Gasteiger partial charge in [0.25, 0.3) is 5.91 Å². The minimum absolute atomic E-state index is 0.0731. The average Bonchev–Trinajstić information content (AvgIpc) is 2.35. The van der Waals surface area contributed by atoms with Gasteiger partial charge in [0.15, 0.2) is 0 Å². The lowest BCUT2D eigenvalue weighted by Gasteiger charge is -2.44. The summed E-state index contributed by atoms with van der Waals surface area (Å²) in [5.74, 6) is -0.338. The summed E-state index contributed by atoms with van der Waals surface area (Å²) in [5, 5.41) is 0. The van der Waals surface area contributed by atoms with Gasteiger partial charge in [-0.15, -0.1) is 0 Å². The zero-order valence-corrected chi connectivity index (χ0v) is 11.4. The summed E-state index contributed by atoms with van der Waals surface area (Å²) in [5.41, 5.74) is 5.54. The zero-order valence-electron chi connectivity index (χ0n) is 11.4. The molecule has 1 aromatic rings. The maximum atomic E-state index is 12.5. The standard InChI is InChI=1S/C13H18N4O2/c1-13(2)12(19)16(3)6-7-17(13)11(18)10-8-9(14)4-5-15-10/h4-5,8H,6-7H2,1-3H3,(H2,14,15). The molecule has 1 aliphatic heterocycles. The van der Waals surface area contributed by atoms with Crippen LogP contribution in [-0.2, 0) is 4.79 Å². The SMILES string of the molecule is CN1CCN(C(=O)c2cc(N)ccn2)C(C)(C)C1=O. The minimum atomic E-state index is -0.865. The first-order valence-electron chi connectivity index (χ1n) is 6.13. The smallest absolute Gasteiger partial charge is 0.273 e. The topological polar surface area (TPSA) is 79.5 Å². The van der Waals surface area contributed by atoms with Crippen molar-refractivity contribution in [3.63, 3.8) is 0 Å². The van der Waals surface area contributed by atoms with Crippen LogP contribution in [0.4, 0.5) is 5.69 Å². The Kier molecular flexibility index (Phi) is 3.18. The van der Waals surface area contributed by atoms with Crippen molar-refractivity contribution in [2.24, 2.45) is 0 Å². The lowest BCUT2D eigenvalue weighted by atomic mass is 9.97. The fraction of sp³-hybridized carbons (Fsp3) is 0.462. The Morgan fingerprint density at radius 2 is 2.11 bits per heavy atom. The van der Waals surface area contributed by atoms with Gasteiger partial charge in [0.1, 0.15) is 11.2 Å². The Hall–Kier alpha value is -2.11. The van der Waals surface area contributed by atoms with Crippen LogP contribution >= 0.6 is 0 Å². The lowest BCUT2D eigenvalue weighted by molar-refractivity contribution is -0.144. The number of rotatable bonds is 1. The number of amides is 2. The summed E-state index contributed by atoms with van der Waals surface area (Å²) in [4.78, 5) is 31.8. The molecule has 19 heavy (non-hydrogen) atoms. The number of hydrogen-bond acceptors (Lipinski definition) is 4. The van der Waals surface area contributed by atoms with Gasteiger partial charge < -0.3 is 15.5 Å². The highest BCUT2D eigenvalue weighted by Gasteiger charge is 2.43. The lowest BCUT2D eigenvalue weighted by Crippen LogP contribution is -2.63. The van der Waals surface area contributed by atoms with E-state index < -0.39 is 5.54 Å². The molecule has 0 unspecified atom stereocenters. The van der Waals surface area contributed by atoms with Crippen LogP contribution in [0.15, 0.2) is 18.3 Å². The maximum absolute atomic E-state index is 12.5. The second kappa shape index (κ2) is 4.53. The molecule has 0 atom stereocenters. The van der Waals surface area contributed by atoms with Crippen LogP contribution in [0.5, 0.6) is 0 Å². The van der Waals surface area contributed by atoms with Crippen LogP contribution in [0.3, 0.4) is 0 Å². The molecule has 0 radical (unpaired) electrons. The molecule has 1 aromatic heterocycles. The zero-order chi connectivity index (χ0) is 14.2. The van der Waals surface area contributed by atoms with E-state index in [1.807, 2.05) is 0 Å². The largest absolute Gasteiger partial charge is 0.399 e. The van der Waals surface area contributed by atoms with Crippen LogP contribution in [0, 0.1) is 0 Å². The van der Waals surface area contributed by atoms with E-state index in [4.69, 9.17) is 5.73 Å². The summed E-state index contributed by atoms with van der Waals surface area (Å²) in [7, 11) is 1.74. The Bertz CT molecular complexity index is 527. The number of nitrogens with two attached hydrogens (primary N) is 1. The van der Waals surface area contributed by atoms with Gasteiger partial charge in [0, 0.05) is 32.0 Å². The molecule has 2 amide bonds. The molecule has 6 heteroatoms. The third kappa shape index (κ3) is 2.25. The van der Waals surface area contributed by atoms with Gasteiger partial charge in [0.2, 0.25) is 5.91 Å². The van der Waals surface area contributed by atoms with Crippen molar-refractivity contribution in [3.05, 3.63) is 24.0 Å². The number of nitrogen functional groups attached to an aromatic ring is 1. The van der Waals surface area contributed by atoms with Crippen molar-refractivity contribution < 1.29 is 9.59 Å². The number of carbonyl (C=O) groups is 2. The summed E-state index contributed by atoms with van der Waals surface area (Å²) < 4.78 is 0. The minimum Gasteiger partial charge on any atom is -0.399 e. The second-order valence-corrected chi connectivity index (χ2v) is 5.22. The molecule has 6 nitrogen and oxygen atoms in total. The fourth-order valence-electron chi connectivity index (χ4n) is 2.27. The highest BCUT2D eigenvalue weighted by Crippen LogP contribution is 2.23. The van der Waals surface area contributed by atoms with E-state index in [9.17, 15) is 9.59 Å². The van der Waals surface area contributed by atoms with Crippen molar-refractivity contribution in [2.45, 2.75) is 19.4 Å². The third-order valence-corrected chi connectivity index (χ3v) is 3.45. The molecule has 2 N–H and O–H groups in total. The van der Waals surface area contributed by atoms with Gasteiger partial charge in [-0.05, 0) is 26.0 Å². The number of anilines is 1. The van der Waals surface area contributed by atoms with Gasteiger partial charge in [-0.25, -0.2) is 0 Å². The molecule has 1 aliphatic rings. The quantitative estimate of drug-likeness (QED) is 0.792. The van der Waals surface area contributed by atoms with Gasteiger partial charge in [0.05, 0.1) is 0 Å². The molecule has 0 saturated carbocycles. The van der Waals surface area contributed by atoms with E-state index in [-0.39, 0.29) is 17.5 Å². The van der Waals surface area contributed by atoms with Crippen LogP contribution in [0.1, 0.15) is 24.3 Å². The molecule has 2 heterocycles. The maximum Gasteiger partial charge on any atom is 0.273 e. The Morgan fingerprint density at radius 1 is 1.42 bits per heavy atom. The van der Waals surface area contributed by atoms with Gasteiger partial charge in [-0.2, -0.15) is 0 Å². The highest BCUT2D eigenvalue weighted by atomic mass is 16.2. The van der Waals surface area contributed by atoms with Crippen LogP contribution in [-0.4, -0.2) is 52.3 Å². The first kappa shape index (κ1) is 13.3. The molecular weight excluding hydrogens is 244 g/mol. The second-order valence-electron chi connectivity index (χ2n) is 5.22. The van der Waals surface area contributed by atoms with Crippen molar-refractivity contribution in [1.82, 2.24) is 14.8 Å². The molecule has 2 rings (SSSR count). The van der Waals surface area contributed by atoms with Gasteiger partial charge in [-0.1, -0.05) is 0 Å². The number of hydrogen-bond donors (Lipinski definition) is 1. The van der Waals surface area contributed by atoms with E-state index in [1.165, 1.54) is 12.3 Å². The van der Waals surface area contributed by atoms with Crippen LogP contribution in [0.25, 0.3) is 0 Å². The summed E-state index contributed by atoms with van der Waals surface area (Å²) in [6.45, 7) is 4.51. The van der Waals surface area contributed by atoms with Crippen molar-refractivity contribution >= 4 is 17.5 Å². The normalized spacial score (nSPS) is 18.6. The Morgan fingerprint density at radius 3 is 2.74 bits per heavy atom. The molecule has 0 bridgehead atoms. The number of nitrogens with zero attached hydrogens (tertiary/aromatic N) is 3. The summed E-state index contributed by atoms with van der Waals surface area (Å²) >= 11 is 0. The Balaban J connectivity index is 2.31. The number of piperazine rings is 1. The first-order chi connectivity index (χ1) is 8.84. The highest BCUT2D eigenvalue weighted by molar-refractivity contribution is 5.98. The van der Waals surface area contributed by atoms with Crippen LogP contribution < -0.4 is 5.73 Å². The molecular formula is C13H18N4O2. The first-order valence-corrected chi connectivity index (χ1v) is 6.13. The van der Waals surface area contributed by atoms with E-state index in [0.29, 0.717) is 18.8 Å². The molecule has 1 saturated heterocycles. The molecule has 0 aliphatic carbocycles. The van der Waals surface area contributed by atoms with Crippen molar-refractivity contribution in [2.75, 3.05) is 25.9 Å². The molecule has 0 spiro atoms. The van der Waals surface area contributed by atoms with E-state index in [2.05, 4.69) is 4.98 Å². The van der Waals surface area contributed by atoms with E-state index >= 15 is 0 Å². The van der Waals surface area contributed by atoms with E-state index in [0.717, 1.165) is 0 Å². The van der Waals surface area contributed by atoms with Crippen molar-refractivity contribution in [1.29, 1.82) is 0 Å². The number of carbonyl (C=O) groups excluding carboxylic acids is 2. The van der Waals surface area contributed by atoms with Crippen molar-refractivity contribution in [3.8, 4) is 0 Å². The number of likely N-dealkylation sites (N-methyl/N-ethyl adjacent to an activating group) is 1. The summed E-state index contributed by atoms with van der Waals surface area (Å²) in [6, 6.07) is 3.15. The third-order valence-electron chi connectivity index (χ3n) is 3.45. The summed E-state index contributed by atoms with van der Waals surface area (Å²) in [6.07, 6.45) is 1.49. The predicted octanol–water partition coefficient (Wildman–Crippen LogP) is 0.357. The fourth-order valence-corrected chi connectivity index (χ4v) is 2.27.